The van der Waals surface area contributed by atoms with Crippen LogP contribution in [0.2, 0.25) is 0 Å². The van der Waals surface area contributed by atoms with E-state index >= 15 is 0 Å². The average Bonchev–Trinajstić information content (AvgIpc) is 3.13. The maximum absolute atomic E-state index is 10.5. The minimum atomic E-state index is -0.957. The molecule has 0 bridgehead atoms. The van der Waals surface area contributed by atoms with Crippen LogP contribution < -0.4 is 28.4 Å². The van der Waals surface area contributed by atoms with E-state index in [1.54, 1.807) is 27.4 Å². The van der Waals surface area contributed by atoms with Crippen LogP contribution in [-0.2, 0) is 0 Å². The van der Waals surface area contributed by atoms with E-state index in [1.165, 1.54) is 0 Å². The smallest absolute Gasteiger partial charge is 0.231 e. The van der Waals surface area contributed by atoms with Gasteiger partial charge in [-0.1, -0.05) is 6.92 Å². The third-order valence-corrected chi connectivity index (χ3v) is 5.11. The van der Waals surface area contributed by atoms with Gasteiger partial charge in [0.05, 0.1) is 21.3 Å². The Morgan fingerprint density at radius 2 is 1.52 bits per heavy atom. The van der Waals surface area contributed by atoms with E-state index < -0.39 is 6.29 Å². The van der Waals surface area contributed by atoms with Crippen LogP contribution >= 0.6 is 0 Å². The standard InChI is InChI=1S/C20H22O7/c1-10-18(11-5-16(22-2)19(24-4)17(6-11)23-3)12-7-14-15(26-9-25-14)8-13(12)27-20(10)21/h5-8,10,18,20-21H,9H2,1-4H3/t10-,18-,20+/m1/s1. The second-order valence-electron chi connectivity index (χ2n) is 6.55. The average molecular weight is 374 g/mol. The summed E-state index contributed by atoms with van der Waals surface area (Å²) in [5.41, 5.74) is 1.82. The van der Waals surface area contributed by atoms with Crippen LogP contribution in [0.3, 0.4) is 0 Å². The van der Waals surface area contributed by atoms with Crippen LogP contribution in [0.5, 0.6) is 34.5 Å². The molecule has 1 N–H and O–H groups in total. The highest BCUT2D eigenvalue weighted by atomic mass is 16.7. The molecule has 0 aromatic heterocycles. The first-order chi connectivity index (χ1) is 13.1. The van der Waals surface area contributed by atoms with Crippen molar-refractivity contribution in [3.05, 3.63) is 35.4 Å². The topological polar surface area (TPSA) is 75.6 Å². The molecule has 0 saturated carbocycles. The quantitative estimate of drug-likeness (QED) is 0.882. The normalized spacial score (nSPS) is 22.6. The number of rotatable bonds is 4. The van der Waals surface area contributed by atoms with E-state index in [0.717, 1.165) is 11.1 Å². The Balaban J connectivity index is 1.88. The molecule has 7 nitrogen and oxygen atoms in total. The fourth-order valence-corrected chi connectivity index (χ4v) is 3.73. The molecule has 2 aromatic carbocycles. The molecule has 144 valence electrons. The van der Waals surface area contributed by atoms with Crippen LogP contribution in [-0.4, -0.2) is 39.5 Å². The molecule has 2 aliphatic rings. The first-order valence-electron chi connectivity index (χ1n) is 8.65. The van der Waals surface area contributed by atoms with E-state index in [9.17, 15) is 5.11 Å². The van der Waals surface area contributed by atoms with Crippen molar-refractivity contribution in [1.29, 1.82) is 0 Å². The maximum Gasteiger partial charge on any atom is 0.231 e. The molecule has 4 rings (SSSR count). The number of aliphatic hydroxyl groups excluding tert-OH is 1. The molecule has 7 heteroatoms. The molecule has 27 heavy (non-hydrogen) atoms. The number of aliphatic hydroxyl groups is 1. The van der Waals surface area contributed by atoms with E-state index in [0.29, 0.717) is 34.5 Å². The number of hydrogen-bond donors (Lipinski definition) is 1. The molecule has 3 atom stereocenters. The fourth-order valence-electron chi connectivity index (χ4n) is 3.73. The highest BCUT2D eigenvalue weighted by Gasteiger charge is 2.38. The van der Waals surface area contributed by atoms with Crippen LogP contribution in [0.25, 0.3) is 0 Å². The van der Waals surface area contributed by atoms with Gasteiger partial charge in [-0.15, -0.1) is 0 Å². The highest BCUT2D eigenvalue weighted by molar-refractivity contribution is 5.59. The monoisotopic (exact) mass is 374 g/mol. The largest absolute Gasteiger partial charge is 0.493 e. The van der Waals surface area contributed by atoms with Gasteiger partial charge in [-0.3, -0.25) is 0 Å². The van der Waals surface area contributed by atoms with Crippen molar-refractivity contribution in [1.82, 2.24) is 0 Å². The lowest BCUT2D eigenvalue weighted by atomic mass is 9.79. The van der Waals surface area contributed by atoms with E-state index in [2.05, 4.69) is 0 Å². The summed E-state index contributed by atoms with van der Waals surface area (Å²) in [6, 6.07) is 7.47. The van der Waals surface area contributed by atoms with Gasteiger partial charge in [0.25, 0.3) is 0 Å². The van der Waals surface area contributed by atoms with Gasteiger partial charge in [-0.05, 0) is 23.8 Å². The molecule has 0 amide bonds. The number of ether oxygens (including phenoxy) is 6. The fraction of sp³-hybridized carbons (Fsp3) is 0.400. The molecular formula is C20H22O7. The molecule has 0 saturated heterocycles. The van der Waals surface area contributed by atoms with Gasteiger partial charge in [-0.25, -0.2) is 0 Å². The third-order valence-electron chi connectivity index (χ3n) is 5.11. The lowest BCUT2D eigenvalue weighted by Gasteiger charge is -2.36. The summed E-state index contributed by atoms with van der Waals surface area (Å²) in [5, 5.41) is 10.5. The Kier molecular flexibility index (Phi) is 4.39. The molecule has 2 aliphatic heterocycles. The Bertz CT molecular complexity index is 839. The summed E-state index contributed by atoms with van der Waals surface area (Å²) in [5.74, 6) is 3.12. The lowest BCUT2D eigenvalue weighted by molar-refractivity contribution is -0.0729. The third kappa shape index (κ3) is 2.78. The van der Waals surface area contributed by atoms with Crippen molar-refractivity contribution in [3.8, 4) is 34.5 Å². The Labute approximate surface area is 157 Å². The predicted octanol–water partition coefficient (Wildman–Crippen LogP) is 2.92. The minimum absolute atomic E-state index is 0.160. The van der Waals surface area contributed by atoms with Crippen LogP contribution in [0.1, 0.15) is 24.0 Å². The first-order valence-corrected chi connectivity index (χ1v) is 8.65. The van der Waals surface area contributed by atoms with E-state index in [-0.39, 0.29) is 18.6 Å². The molecule has 0 aliphatic carbocycles. The number of benzene rings is 2. The number of fused-ring (bicyclic) bond motifs is 2. The molecule has 2 heterocycles. The van der Waals surface area contributed by atoms with Gasteiger partial charge < -0.3 is 33.5 Å². The van der Waals surface area contributed by atoms with Crippen molar-refractivity contribution in [2.24, 2.45) is 5.92 Å². The zero-order valence-corrected chi connectivity index (χ0v) is 15.6. The van der Waals surface area contributed by atoms with Crippen molar-refractivity contribution < 1.29 is 33.5 Å². The maximum atomic E-state index is 10.5. The molecule has 0 unspecified atom stereocenters. The second-order valence-corrected chi connectivity index (χ2v) is 6.55. The Morgan fingerprint density at radius 1 is 0.889 bits per heavy atom. The van der Waals surface area contributed by atoms with Gasteiger partial charge in [0, 0.05) is 23.5 Å². The van der Waals surface area contributed by atoms with Gasteiger partial charge in [0.15, 0.2) is 23.0 Å². The van der Waals surface area contributed by atoms with Gasteiger partial charge in [0.2, 0.25) is 18.8 Å². The molecule has 2 aromatic rings. The molecule has 0 spiro atoms. The summed E-state index contributed by atoms with van der Waals surface area (Å²) in [6.45, 7) is 2.11. The van der Waals surface area contributed by atoms with Gasteiger partial charge in [0.1, 0.15) is 5.75 Å². The van der Waals surface area contributed by atoms with Crippen molar-refractivity contribution >= 4 is 0 Å². The van der Waals surface area contributed by atoms with Crippen molar-refractivity contribution in [2.75, 3.05) is 28.1 Å². The summed E-state index contributed by atoms with van der Waals surface area (Å²) >= 11 is 0. The van der Waals surface area contributed by atoms with Crippen LogP contribution in [0.4, 0.5) is 0 Å². The van der Waals surface area contributed by atoms with Crippen molar-refractivity contribution in [3.63, 3.8) is 0 Å². The lowest BCUT2D eigenvalue weighted by Crippen LogP contribution is -2.34. The number of methoxy groups -OCH3 is 3. The SMILES string of the molecule is COc1cc([C@@H]2c3cc4c(cc3O[C@H](O)[C@@H]2C)OCO4)cc(OC)c1OC. The first kappa shape index (κ1) is 17.6. The van der Waals surface area contributed by atoms with E-state index in [1.807, 2.05) is 25.1 Å². The van der Waals surface area contributed by atoms with Crippen molar-refractivity contribution in [2.45, 2.75) is 19.1 Å². The van der Waals surface area contributed by atoms with Gasteiger partial charge in [-0.2, -0.15) is 0 Å². The number of hydrogen-bond acceptors (Lipinski definition) is 7. The zero-order valence-electron chi connectivity index (χ0n) is 15.6. The predicted molar refractivity (Wildman–Crippen MR) is 96.3 cm³/mol. The zero-order chi connectivity index (χ0) is 19.1. The summed E-state index contributed by atoms with van der Waals surface area (Å²) in [6.07, 6.45) is -0.957. The molecule has 0 fully saturated rings. The highest BCUT2D eigenvalue weighted by Crippen LogP contribution is 2.51. The summed E-state index contributed by atoms with van der Waals surface area (Å²) in [7, 11) is 4.72. The van der Waals surface area contributed by atoms with Crippen LogP contribution in [0, 0.1) is 5.92 Å². The molecule has 0 radical (unpaired) electrons. The van der Waals surface area contributed by atoms with E-state index in [4.69, 9.17) is 28.4 Å². The molecular weight excluding hydrogens is 352 g/mol. The van der Waals surface area contributed by atoms with Crippen LogP contribution in [0.15, 0.2) is 24.3 Å². The van der Waals surface area contributed by atoms with Gasteiger partial charge >= 0.3 is 0 Å². The Morgan fingerprint density at radius 3 is 2.11 bits per heavy atom. The summed E-state index contributed by atoms with van der Waals surface area (Å²) < 4.78 is 33.1. The minimum Gasteiger partial charge on any atom is -0.493 e. The second kappa shape index (κ2) is 6.74. The summed E-state index contributed by atoms with van der Waals surface area (Å²) in [4.78, 5) is 0. The Hall–Kier alpha value is -2.80.